The van der Waals surface area contributed by atoms with E-state index >= 15 is 0 Å². The first kappa shape index (κ1) is 26.3. The van der Waals surface area contributed by atoms with E-state index in [1.165, 1.54) is 6.07 Å². The molecule has 3 N–H and O–H groups in total. The first-order valence-corrected chi connectivity index (χ1v) is 12.7. The number of likely N-dealkylation sites (tertiary alicyclic amines) is 1. The number of hydrogen-bond donors (Lipinski definition) is 3. The molecule has 3 unspecified atom stereocenters. The van der Waals surface area contributed by atoms with E-state index in [2.05, 4.69) is 15.1 Å². The molecule has 0 radical (unpaired) electrons. The summed E-state index contributed by atoms with van der Waals surface area (Å²) in [5.41, 5.74) is 1.43. The topological polar surface area (TPSA) is 106 Å². The van der Waals surface area contributed by atoms with Crippen LogP contribution in [0.15, 0.2) is 18.2 Å². The van der Waals surface area contributed by atoms with Crippen molar-refractivity contribution in [2.45, 2.75) is 82.5 Å². The van der Waals surface area contributed by atoms with Crippen LogP contribution >= 0.6 is 0 Å². The van der Waals surface area contributed by atoms with Gasteiger partial charge in [0.1, 0.15) is 5.84 Å². The molecular formula is C26H35F2N5O3. The molecule has 1 saturated carbocycles. The highest BCUT2D eigenvalue weighted by Gasteiger charge is 2.37. The number of benzene rings is 1. The first-order valence-electron chi connectivity index (χ1n) is 12.7. The molecule has 2 amide bonds. The number of carbonyl (C=O) groups excluding carboxylic acids is 3. The molecule has 8 nitrogen and oxygen atoms in total. The first-order chi connectivity index (χ1) is 17.0. The van der Waals surface area contributed by atoms with Gasteiger partial charge in [0.25, 0.3) is 5.91 Å². The van der Waals surface area contributed by atoms with Crippen LogP contribution in [-0.2, 0) is 16.1 Å². The molecule has 0 aromatic heterocycles. The number of piperidine rings is 1. The molecule has 1 saturated heterocycles. The summed E-state index contributed by atoms with van der Waals surface area (Å²) >= 11 is 0. The molecule has 3 aliphatic rings. The zero-order valence-corrected chi connectivity index (χ0v) is 20.9. The lowest BCUT2D eigenvalue weighted by molar-refractivity contribution is -0.141. The summed E-state index contributed by atoms with van der Waals surface area (Å²) in [5.74, 6) is -5.69. The number of nitrogens with zero attached hydrogens (tertiary/aromatic N) is 2. The van der Waals surface area contributed by atoms with Crippen LogP contribution in [0.4, 0.5) is 8.78 Å². The molecule has 2 heterocycles. The van der Waals surface area contributed by atoms with Gasteiger partial charge in [-0.15, -0.1) is 0 Å². The smallest absolute Gasteiger partial charge is 0.322 e. The molecule has 0 spiro atoms. The van der Waals surface area contributed by atoms with Crippen molar-refractivity contribution in [2.75, 3.05) is 20.1 Å². The highest BCUT2D eigenvalue weighted by molar-refractivity contribution is 6.09. The number of alkyl halides is 2. The zero-order valence-electron chi connectivity index (χ0n) is 20.9. The van der Waals surface area contributed by atoms with Crippen molar-refractivity contribution in [3.8, 4) is 0 Å². The molecule has 10 heteroatoms. The van der Waals surface area contributed by atoms with Crippen molar-refractivity contribution >= 4 is 23.4 Å². The van der Waals surface area contributed by atoms with Gasteiger partial charge in [-0.05, 0) is 50.9 Å². The number of amides is 2. The van der Waals surface area contributed by atoms with Crippen LogP contribution in [0.25, 0.3) is 0 Å². The maximum atomic E-state index is 13.2. The van der Waals surface area contributed by atoms with E-state index in [-0.39, 0.29) is 41.9 Å². The second kappa shape index (κ2) is 10.7. The Morgan fingerprint density at radius 3 is 2.53 bits per heavy atom. The van der Waals surface area contributed by atoms with E-state index in [9.17, 15) is 23.2 Å². The molecule has 1 aliphatic carbocycles. The highest BCUT2D eigenvalue weighted by Crippen LogP contribution is 2.29. The second-order valence-corrected chi connectivity index (χ2v) is 10.4. The van der Waals surface area contributed by atoms with Gasteiger partial charge in [-0.25, -0.2) is 0 Å². The minimum absolute atomic E-state index is 0.0192. The molecule has 3 atom stereocenters. The third-order valence-corrected chi connectivity index (χ3v) is 7.66. The van der Waals surface area contributed by atoms with Crippen LogP contribution in [0, 0.1) is 5.41 Å². The summed E-state index contributed by atoms with van der Waals surface area (Å²) in [6, 6.07) is 4.70. The van der Waals surface area contributed by atoms with Gasteiger partial charge in [0, 0.05) is 36.7 Å². The number of amidine groups is 1. The van der Waals surface area contributed by atoms with E-state index < -0.39 is 17.7 Å². The Kier molecular flexibility index (Phi) is 7.85. The second-order valence-electron chi connectivity index (χ2n) is 10.4. The lowest BCUT2D eigenvalue weighted by atomic mass is 9.86. The van der Waals surface area contributed by atoms with Crippen LogP contribution in [0.2, 0.25) is 0 Å². The summed E-state index contributed by atoms with van der Waals surface area (Å²) in [6.45, 7) is 2.10. The van der Waals surface area contributed by atoms with Gasteiger partial charge < -0.3 is 10.6 Å². The largest absolute Gasteiger partial charge is 0.350 e. The summed E-state index contributed by atoms with van der Waals surface area (Å²) in [5, 5.41) is 13.2. The maximum absolute atomic E-state index is 13.2. The van der Waals surface area contributed by atoms with Crippen LogP contribution < -0.4 is 10.6 Å². The summed E-state index contributed by atoms with van der Waals surface area (Å²) in [7, 11) is 2.00. The lowest BCUT2D eigenvalue weighted by Gasteiger charge is -2.43. The molecule has 0 bridgehead atoms. The number of rotatable bonds is 5. The Balaban J connectivity index is 1.45. The standard InChI is InChI=1S/C26H35F2N5O3/c1-26(27,28)25(36)31-23(29)16-10-11-17-14-33(15-22(34)18(17)13-16)20-8-4-3-7-19(20)30-24(35)21-9-5-6-12-32(21)2/h10-11,13,19-21H,3-9,12,14-15H2,1-2H3,(H,30,35)(H2,29,31,36). The Labute approximate surface area is 210 Å². The molecule has 196 valence electrons. The number of ketones is 1. The third-order valence-electron chi connectivity index (χ3n) is 7.66. The van der Waals surface area contributed by atoms with Crippen molar-refractivity contribution in [1.82, 2.24) is 20.4 Å². The van der Waals surface area contributed by atoms with Crippen LogP contribution in [0.3, 0.4) is 0 Å². The van der Waals surface area contributed by atoms with Gasteiger partial charge in [0.15, 0.2) is 5.78 Å². The molecule has 1 aromatic carbocycles. The van der Waals surface area contributed by atoms with Gasteiger partial charge >= 0.3 is 5.92 Å². The summed E-state index contributed by atoms with van der Waals surface area (Å²) < 4.78 is 26.4. The Morgan fingerprint density at radius 2 is 1.81 bits per heavy atom. The van der Waals surface area contributed by atoms with E-state index in [0.29, 0.717) is 19.0 Å². The van der Waals surface area contributed by atoms with Gasteiger partial charge in [0.05, 0.1) is 12.6 Å². The fourth-order valence-corrected chi connectivity index (χ4v) is 5.61. The van der Waals surface area contributed by atoms with Crippen molar-refractivity contribution in [3.05, 3.63) is 34.9 Å². The summed E-state index contributed by atoms with van der Waals surface area (Å²) in [4.78, 5) is 42.0. The Hall–Kier alpha value is -2.72. The van der Waals surface area contributed by atoms with Crippen LogP contribution in [-0.4, -0.2) is 77.4 Å². The van der Waals surface area contributed by atoms with Gasteiger partial charge in [-0.1, -0.05) is 31.4 Å². The molecule has 4 rings (SSSR count). The van der Waals surface area contributed by atoms with Crippen molar-refractivity contribution in [1.29, 1.82) is 5.41 Å². The molecule has 2 aliphatic heterocycles. The average Bonchev–Trinajstić information content (AvgIpc) is 2.83. The number of carbonyl (C=O) groups is 3. The number of halogens is 2. The van der Waals surface area contributed by atoms with Gasteiger partial charge in [-0.2, -0.15) is 8.78 Å². The molecule has 1 aromatic rings. The number of fused-ring (bicyclic) bond motifs is 1. The number of likely N-dealkylation sites (N-methyl/N-ethyl adjacent to an activating group) is 1. The number of Topliss-reactive ketones (excluding diaryl/α,β-unsaturated/α-hetero) is 1. The van der Waals surface area contributed by atoms with Gasteiger partial charge in [0.2, 0.25) is 5.91 Å². The summed E-state index contributed by atoms with van der Waals surface area (Å²) in [6.07, 6.45) is 6.88. The minimum atomic E-state index is -3.60. The lowest BCUT2D eigenvalue weighted by Crippen LogP contribution is -2.58. The quantitative estimate of drug-likeness (QED) is 0.423. The van der Waals surface area contributed by atoms with Crippen LogP contribution in [0.1, 0.15) is 73.4 Å². The van der Waals surface area contributed by atoms with Crippen LogP contribution in [0.5, 0.6) is 0 Å². The fourth-order valence-electron chi connectivity index (χ4n) is 5.61. The van der Waals surface area contributed by atoms with Crippen molar-refractivity contribution in [3.63, 3.8) is 0 Å². The molecule has 36 heavy (non-hydrogen) atoms. The molecule has 2 fully saturated rings. The van der Waals surface area contributed by atoms with E-state index in [1.807, 2.05) is 12.4 Å². The Bertz CT molecular complexity index is 1040. The maximum Gasteiger partial charge on any atom is 0.322 e. The SMILES string of the molecule is CN1CCCCC1C(=O)NC1CCCCC1N1CC(=O)c2cc(C(=N)NC(=O)C(C)(F)F)ccc2C1. The fraction of sp³-hybridized carbons (Fsp3) is 0.615. The normalized spacial score (nSPS) is 25.7. The average molecular weight is 504 g/mol. The highest BCUT2D eigenvalue weighted by atomic mass is 19.3. The predicted molar refractivity (Wildman–Crippen MR) is 131 cm³/mol. The third kappa shape index (κ3) is 5.81. The Morgan fingerprint density at radius 1 is 1.08 bits per heavy atom. The number of hydrogen-bond acceptors (Lipinski definition) is 6. The number of nitrogens with one attached hydrogen (secondary N) is 3. The van der Waals surface area contributed by atoms with Crippen molar-refractivity contribution < 1.29 is 23.2 Å². The monoisotopic (exact) mass is 503 g/mol. The van der Waals surface area contributed by atoms with Gasteiger partial charge in [-0.3, -0.25) is 29.6 Å². The predicted octanol–water partition coefficient (Wildman–Crippen LogP) is 2.69. The van der Waals surface area contributed by atoms with Crippen molar-refractivity contribution in [2.24, 2.45) is 0 Å². The zero-order chi connectivity index (χ0) is 26.0. The molecular weight excluding hydrogens is 468 g/mol. The van der Waals surface area contributed by atoms with E-state index in [4.69, 9.17) is 5.41 Å². The van der Waals surface area contributed by atoms with E-state index in [0.717, 1.165) is 57.1 Å². The van der Waals surface area contributed by atoms with E-state index in [1.54, 1.807) is 12.1 Å². The minimum Gasteiger partial charge on any atom is -0.350 e.